The summed E-state index contributed by atoms with van der Waals surface area (Å²) in [7, 11) is 1.70. The molecule has 2 aromatic heterocycles. The molecule has 148 valence electrons. The van der Waals surface area contributed by atoms with Crippen molar-refractivity contribution >= 4 is 22.8 Å². The van der Waals surface area contributed by atoms with E-state index in [2.05, 4.69) is 37.8 Å². The molecule has 0 N–H and O–H groups in total. The molecule has 0 saturated carbocycles. The zero-order valence-electron chi connectivity index (χ0n) is 17.0. The van der Waals surface area contributed by atoms with Gasteiger partial charge in [-0.3, -0.25) is 13.9 Å². The Morgan fingerprint density at radius 1 is 1.14 bits per heavy atom. The zero-order valence-corrected chi connectivity index (χ0v) is 17.0. The van der Waals surface area contributed by atoms with Gasteiger partial charge in [-0.15, -0.1) is 0 Å². The number of hydrogen-bond acceptors (Lipinski definition) is 4. The molecule has 3 aromatic rings. The maximum absolute atomic E-state index is 13.2. The van der Waals surface area contributed by atoms with Crippen LogP contribution in [0.2, 0.25) is 0 Å². The van der Waals surface area contributed by atoms with Crippen molar-refractivity contribution in [2.45, 2.75) is 53.1 Å². The minimum Gasteiger partial charge on any atom is -0.312 e. The van der Waals surface area contributed by atoms with Crippen LogP contribution in [0.25, 0.3) is 11.2 Å². The molecule has 1 aliphatic heterocycles. The van der Waals surface area contributed by atoms with E-state index in [0.717, 1.165) is 44.0 Å². The second kappa shape index (κ2) is 6.96. The van der Waals surface area contributed by atoms with Crippen LogP contribution in [0.3, 0.4) is 0 Å². The van der Waals surface area contributed by atoms with E-state index in [-0.39, 0.29) is 11.2 Å². The Morgan fingerprint density at radius 3 is 2.68 bits per heavy atom. The summed E-state index contributed by atoms with van der Waals surface area (Å²) >= 11 is 0. The number of fused-ring (bicyclic) bond motifs is 3. The molecule has 0 saturated heterocycles. The fraction of sp³-hybridized carbons (Fsp3) is 0.476. The summed E-state index contributed by atoms with van der Waals surface area (Å²) in [5, 5.41) is 0. The lowest BCUT2D eigenvalue weighted by atomic mass is 10.1. The van der Waals surface area contributed by atoms with Gasteiger partial charge in [-0.05, 0) is 43.9 Å². The summed E-state index contributed by atoms with van der Waals surface area (Å²) in [6, 6.07) is 6.24. The van der Waals surface area contributed by atoms with E-state index in [1.54, 1.807) is 7.05 Å². The molecule has 7 nitrogen and oxygen atoms in total. The van der Waals surface area contributed by atoms with Crippen molar-refractivity contribution in [3.05, 3.63) is 50.2 Å². The van der Waals surface area contributed by atoms with Crippen LogP contribution in [0.15, 0.2) is 27.8 Å². The fourth-order valence-electron chi connectivity index (χ4n) is 4.03. The molecule has 0 radical (unpaired) electrons. The van der Waals surface area contributed by atoms with Crippen LogP contribution in [0.5, 0.6) is 0 Å². The summed E-state index contributed by atoms with van der Waals surface area (Å²) in [6.07, 6.45) is 2.65. The van der Waals surface area contributed by atoms with Gasteiger partial charge in [0.25, 0.3) is 5.56 Å². The molecule has 4 rings (SSSR count). The first-order valence-corrected chi connectivity index (χ1v) is 9.99. The number of anilines is 2. The van der Waals surface area contributed by atoms with Crippen molar-refractivity contribution in [3.63, 3.8) is 0 Å². The molecule has 28 heavy (non-hydrogen) atoms. The van der Waals surface area contributed by atoms with Crippen molar-refractivity contribution in [3.8, 4) is 0 Å². The molecule has 7 heteroatoms. The third kappa shape index (κ3) is 2.68. The minimum atomic E-state index is -0.292. The maximum atomic E-state index is 13.2. The van der Waals surface area contributed by atoms with Gasteiger partial charge in [0.2, 0.25) is 5.95 Å². The van der Waals surface area contributed by atoms with Gasteiger partial charge < -0.3 is 9.47 Å². The average molecular weight is 381 g/mol. The van der Waals surface area contributed by atoms with E-state index in [4.69, 9.17) is 4.98 Å². The van der Waals surface area contributed by atoms with Crippen LogP contribution in [0.1, 0.15) is 37.3 Å². The lowest BCUT2D eigenvalue weighted by molar-refractivity contribution is 0.560. The summed E-state index contributed by atoms with van der Waals surface area (Å²) in [5.41, 5.74) is 4.01. The number of nitrogens with zero attached hydrogens (tertiary/aromatic N) is 5. The van der Waals surface area contributed by atoms with E-state index < -0.39 is 0 Å². The first-order chi connectivity index (χ1) is 13.5. The lowest BCUT2D eigenvalue weighted by Crippen LogP contribution is -2.40. The molecular weight excluding hydrogens is 354 g/mol. The van der Waals surface area contributed by atoms with Crippen LogP contribution in [-0.2, 0) is 20.1 Å². The normalized spacial score (nSPS) is 13.9. The Hall–Kier alpha value is -2.83. The first kappa shape index (κ1) is 18.5. The van der Waals surface area contributed by atoms with Crippen molar-refractivity contribution in [2.75, 3.05) is 11.4 Å². The highest BCUT2D eigenvalue weighted by molar-refractivity contribution is 5.77. The van der Waals surface area contributed by atoms with Gasteiger partial charge in [0.1, 0.15) is 0 Å². The highest BCUT2D eigenvalue weighted by Crippen LogP contribution is 2.33. The third-order valence-corrected chi connectivity index (χ3v) is 5.82. The Balaban J connectivity index is 1.97. The van der Waals surface area contributed by atoms with E-state index >= 15 is 0 Å². The summed E-state index contributed by atoms with van der Waals surface area (Å²) in [5.74, 6) is 0.746. The Morgan fingerprint density at radius 2 is 1.93 bits per heavy atom. The number of aromatic nitrogens is 4. The number of unbranched alkanes of at least 4 members (excludes halogenated alkanes) is 1. The van der Waals surface area contributed by atoms with E-state index in [0.29, 0.717) is 17.7 Å². The van der Waals surface area contributed by atoms with Crippen LogP contribution in [0.4, 0.5) is 11.6 Å². The summed E-state index contributed by atoms with van der Waals surface area (Å²) < 4.78 is 4.86. The van der Waals surface area contributed by atoms with Gasteiger partial charge >= 0.3 is 5.69 Å². The number of imidazole rings is 1. The monoisotopic (exact) mass is 381 g/mol. The van der Waals surface area contributed by atoms with Crippen molar-refractivity contribution in [2.24, 2.45) is 7.05 Å². The number of rotatable bonds is 4. The van der Waals surface area contributed by atoms with Crippen molar-refractivity contribution < 1.29 is 0 Å². The van der Waals surface area contributed by atoms with Crippen LogP contribution in [0, 0.1) is 13.8 Å². The lowest BCUT2D eigenvalue weighted by Gasteiger charge is -2.30. The van der Waals surface area contributed by atoms with Crippen LogP contribution in [-0.4, -0.2) is 25.2 Å². The molecule has 1 aliphatic rings. The Labute approximate surface area is 163 Å². The van der Waals surface area contributed by atoms with Gasteiger partial charge in [0, 0.05) is 32.4 Å². The van der Waals surface area contributed by atoms with Crippen molar-refractivity contribution in [1.29, 1.82) is 0 Å². The highest BCUT2D eigenvalue weighted by Gasteiger charge is 2.27. The van der Waals surface area contributed by atoms with E-state index in [1.807, 2.05) is 10.6 Å². The second-order valence-electron chi connectivity index (χ2n) is 7.61. The molecule has 0 unspecified atom stereocenters. The quantitative estimate of drug-likeness (QED) is 0.697. The topological polar surface area (TPSA) is 65.1 Å². The third-order valence-electron chi connectivity index (χ3n) is 5.82. The highest BCUT2D eigenvalue weighted by atomic mass is 16.2. The smallest absolute Gasteiger partial charge is 0.312 e. The first-order valence-electron chi connectivity index (χ1n) is 9.99. The zero-order chi connectivity index (χ0) is 20.0. The molecule has 0 fully saturated rings. The Bertz CT molecular complexity index is 1170. The predicted octanol–water partition coefficient (Wildman–Crippen LogP) is 2.86. The standard InChI is InChI=1S/C21H27N5O2/c1-5-6-11-26-19(27)17-18(23(4)21(26)28)22-20-24(12-8-13-25(17)20)16-10-7-9-14(2)15(16)3/h7,9-10H,5-6,8,11-13H2,1-4H3. The van der Waals surface area contributed by atoms with Crippen molar-refractivity contribution in [1.82, 2.24) is 18.7 Å². The average Bonchev–Trinajstić information content (AvgIpc) is 3.08. The Kier molecular flexibility index (Phi) is 4.61. The molecule has 1 aromatic carbocycles. The van der Waals surface area contributed by atoms with E-state index in [1.165, 1.54) is 20.3 Å². The predicted molar refractivity (Wildman–Crippen MR) is 112 cm³/mol. The largest absolute Gasteiger partial charge is 0.332 e. The van der Waals surface area contributed by atoms with Crippen LogP contribution >= 0.6 is 0 Å². The SMILES string of the molecule is CCCCn1c(=O)c2c(nc3n2CCCN3c2cccc(C)c2C)n(C)c1=O. The number of aryl methyl sites for hydroxylation is 3. The van der Waals surface area contributed by atoms with E-state index in [9.17, 15) is 9.59 Å². The summed E-state index contributed by atoms with van der Waals surface area (Å²) in [6.45, 7) is 8.28. The summed E-state index contributed by atoms with van der Waals surface area (Å²) in [4.78, 5) is 32.8. The number of benzene rings is 1. The van der Waals surface area contributed by atoms with Gasteiger partial charge in [-0.2, -0.15) is 4.98 Å². The van der Waals surface area contributed by atoms with Gasteiger partial charge in [0.05, 0.1) is 0 Å². The maximum Gasteiger partial charge on any atom is 0.332 e. The molecular formula is C21H27N5O2. The molecule has 0 aliphatic carbocycles. The fourth-order valence-corrected chi connectivity index (χ4v) is 4.03. The molecule has 0 amide bonds. The van der Waals surface area contributed by atoms with Gasteiger partial charge in [-0.1, -0.05) is 25.5 Å². The van der Waals surface area contributed by atoms with Crippen LogP contribution < -0.4 is 16.1 Å². The second-order valence-corrected chi connectivity index (χ2v) is 7.61. The number of hydrogen-bond donors (Lipinski definition) is 0. The van der Waals surface area contributed by atoms with Gasteiger partial charge in [-0.25, -0.2) is 4.79 Å². The minimum absolute atomic E-state index is 0.229. The molecule has 0 atom stereocenters. The molecule has 0 spiro atoms. The molecule has 0 bridgehead atoms. The van der Waals surface area contributed by atoms with Gasteiger partial charge in [0.15, 0.2) is 11.2 Å². The molecule has 3 heterocycles.